The summed E-state index contributed by atoms with van der Waals surface area (Å²) in [5, 5.41) is 5.56. The zero-order valence-electron chi connectivity index (χ0n) is 20.8. The summed E-state index contributed by atoms with van der Waals surface area (Å²) in [7, 11) is 0. The lowest BCUT2D eigenvalue weighted by atomic mass is 9.90. The zero-order chi connectivity index (χ0) is 25.2. The third-order valence-electron chi connectivity index (χ3n) is 8.50. The van der Waals surface area contributed by atoms with Crippen LogP contribution in [0.3, 0.4) is 0 Å². The molecule has 8 bridgehead atoms. The normalized spacial score (nSPS) is 14.8. The lowest BCUT2D eigenvalue weighted by Gasteiger charge is -2.15. The Labute approximate surface area is 220 Å². The Morgan fingerprint density at radius 2 is 1.46 bits per heavy atom. The van der Waals surface area contributed by atoms with Crippen LogP contribution in [0, 0.1) is 0 Å². The number of rotatable bonds is 0. The second kappa shape index (κ2) is 6.79. The van der Waals surface area contributed by atoms with Crippen LogP contribution in [-0.4, -0.2) is 37.2 Å². The number of nitrogens with one attached hydrogen (secondary N) is 3. The van der Waals surface area contributed by atoms with Crippen molar-refractivity contribution in [2.45, 2.75) is 6.42 Å². The van der Waals surface area contributed by atoms with Crippen LogP contribution in [0.15, 0.2) is 84.0 Å². The molecule has 2 aliphatic rings. The Balaban J connectivity index is 1.52. The molecule has 6 aromatic heterocycles. The van der Waals surface area contributed by atoms with Gasteiger partial charge < -0.3 is 15.0 Å². The van der Waals surface area contributed by atoms with E-state index in [2.05, 4.69) is 87.8 Å². The third-order valence-corrected chi connectivity index (χ3v) is 8.50. The number of pyridine rings is 2. The molecule has 2 aromatic carbocycles. The molecule has 39 heavy (non-hydrogen) atoms. The van der Waals surface area contributed by atoms with Crippen molar-refractivity contribution in [1.82, 2.24) is 24.9 Å². The fraction of sp³-hybridized carbons (Fsp3) is 0.0606. The number of nitrogens with zero attached hydrogens (tertiary/aromatic N) is 3. The standard InChI is InChI=1S/C33H20N6/c1-2-17-4-6-25-29-23-8-10-35-27(23)14-19-12-21(37-31(19)29)15-20-11-18-13-26-22(7-9-34-26)28(30(18)36-20)24-5-3-16(1)32(38-24)33(17)39-25/h1-9,11-13,15,34,36-37H,10,14H2. The maximum atomic E-state index is 5.31. The molecule has 7 heterocycles. The second-order valence-electron chi connectivity index (χ2n) is 10.7. The first-order chi connectivity index (χ1) is 19.3. The molecule has 0 unspecified atom stereocenters. The molecule has 182 valence electrons. The number of allylic oxidation sites excluding steroid dienone is 1. The second-order valence-corrected chi connectivity index (χ2v) is 10.7. The summed E-state index contributed by atoms with van der Waals surface area (Å²) in [5.74, 6) is 0. The predicted octanol–water partition coefficient (Wildman–Crippen LogP) is 7.49. The zero-order valence-corrected chi connectivity index (χ0v) is 20.8. The maximum Gasteiger partial charge on any atom is 0.0972 e. The van der Waals surface area contributed by atoms with Gasteiger partial charge in [0.25, 0.3) is 0 Å². The van der Waals surface area contributed by atoms with Crippen LogP contribution < -0.4 is 0 Å². The van der Waals surface area contributed by atoms with Crippen molar-refractivity contribution in [2.75, 3.05) is 6.54 Å². The summed E-state index contributed by atoms with van der Waals surface area (Å²) in [6.07, 6.45) is 5.07. The van der Waals surface area contributed by atoms with Gasteiger partial charge in [-0.05, 0) is 48.0 Å². The summed E-state index contributed by atoms with van der Waals surface area (Å²) in [6.45, 7) is 0.725. The molecule has 0 fully saturated rings. The molecule has 1 aliphatic heterocycles. The lowest BCUT2D eigenvalue weighted by Crippen LogP contribution is -2.09. The van der Waals surface area contributed by atoms with E-state index in [1.165, 1.54) is 11.1 Å². The van der Waals surface area contributed by atoms with Crippen molar-refractivity contribution in [3.05, 3.63) is 90.1 Å². The molecule has 0 atom stereocenters. The van der Waals surface area contributed by atoms with E-state index in [1.54, 1.807) is 0 Å². The van der Waals surface area contributed by atoms with Gasteiger partial charge in [0.2, 0.25) is 0 Å². The summed E-state index contributed by atoms with van der Waals surface area (Å²) in [4.78, 5) is 26.3. The molecule has 6 nitrogen and oxygen atoms in total. The van der Waals surface area contributed by atoms with Gasteiger partial charge in [-0.15, -0.1) is 0 Å². The molecule has 0 radical (unpaired) electrons. The monoisotopic (exact) mass is 500 g/mol. The van der Waals surface area contributed by atoms with Crippen LogP contribution >= 0.6 is 0 Å². The van der Waals surface area contributed by atoms with Gasteiger partial charge in [0.15, 0.2) is 0 Å². The molecule has 1 aliphatic carbocycles. The van der Waals surface area contributed by atoms with E-state index in [9.17, 15) is 0 Å². The minimum Gasteiger partial charge on any atom is -0.361 e. The van der Waals surface area contributed by atoms with E-state index in [-0.39, 0.29) is 0 Å². The van der Waals surface area contributed by atoms with Gasteiger partial charge in [0.1, 0.15) is 0 Å². The van der Waals surface area contributed by atoms with E-state index in [0.717, 1.165) is 101 Å². The number of hydrogen-bond donors (Lipinski definition) is 3. The first kappa shape index (κ1) is 19.8. The summed E-state index contributed by atoms with van der Waals surface area (Å²) in [6, 6.07) is 23.9. The van der Waals surface area contributed by atoms with Gasteiger partial charge in [-0.1, -0.05) is 30.3 Å². The minimum atomic E-state index is 0.725. The number of aromatic amines is 3. The van der Waals surface area contributed by atoms with Crippen LogP contribution in [0.25, 0.3) is 82.2 Å². The van der Waals surface area contributed by atoms with Crippen molar-refractivity contribution in [3.63, 3.8) is 0 Å². The SMILES string of the molecule is C1=C2C(=NC1)Cc1cc3cc4cc5cc6[nH]ccc6c(c6ccc7ccc8ccc(nc8c7n6)c2c1[nH]3)c5[nH]4. The smallest absolute Gasteiger partial charge is 0.0972 e. The van der Waals surface area contributed by atoms with Crippen LogP contribution in [0.4, 0.5) is 0 Å². The number of aromatic nitrogens is 5. The molecule has 8 aromatic rings. The Morgan fingerprint density at radius 3 is 2.36 bits per heavy atom. The highest BCUT2D eigenvalue weighted by Crippen LogP contribution is 2.38. The topological polar surface area (TPSA) is 85.5 Å². The Kier molecular flexibility index (Phi) is 3.45. The number of hydrogen-bond acceptors (Lipinski definition) is 3. The van der Waals surface area contributed by atoms with Crippen LogP contribution in [-0.2, 0) is 6.42 Å². The van der Waals surface area contributed by atoms with Gasteiger partial charge in [-0.25, -0.2) is 9.97 Å². The quantitative estimate of drug-likeness (QED) is 0.188. The van der Waals surface area contributed by atoms with Crippen molar-refractivity contribution < 1.29 is 0 Å². The predicted molar refractivity (Wildman–Crippen MR) is 160 cm³/mol. The highest BCUT2D eigenvalue weighted by Gasteiger charge is 2.25. The molecule has 0 amide bonds. The van der Waals surface area contributed by atoms with E-state index in [0.29, 0.717) is 0 Å². The first-order valence-electron chi connectivity index (χ1n) is 13.3. The third kappa shape index (κ3) is 2.57. The number of H-pyrrole nitrogens is 3. The molecule has 0 saturated heterocycles. The average Bonchev–Trinajstić information content (AvgIpc) is 3.75. The van der Waals surface area contributed by atoms with Gasteiger partial charge >= 0.3 is 0 Å². The number of fused-ring (bicyclic) bond motifs is 10. The van der Waals surface area contributed by atoms with Crippen molar-refractivity contribution in [3.8, 4) is 0 Å². The number of benzene rings is 2. The Morgan fingerprint density at radius 1 is 0.692 bits per heavy atom. The minimum absolute atomic E-state index is 0.725. The molecule has 3 N–H and O–H groups in total. The van der Waals surface area contributed by atoms with E-state index < -0.39 is 0 Å². The van der Waals surface area contributed by atoms with Crippen LogP contribution in [0.2, 0.25) is 0 Å². The van der Waals surface area contributed by atoms with Crippen molar-refractivity contribution in [2.24, 2.45) is 4.99 Å². The Bertz CT molecular complexity index is 2500. The van der Waals surface area contributed by atoms with Crippen LogP contribution in [0.5, 0.6) is 0 Å². The summed E-state index contributed by atoms with van der Waals surface area (Å²) >= 11 is 0. The summed E-state index contributed by atoms with van der Waals surface area (Å²) in [5.41, 5.74) is 13.9. The molecular weight excluding hydrogens is 480 g/mol. The van der Waals surface area contributed by atoms with Gasteiger partial charge in [-0.2, -0.15) is 0 Å². The van der Waals surface area contributed by atoms with Crippen molar-refractivity contribution in [1.29, 1.82) is 0 Å². The number of aliphatic imine (C=N–C) groups is 1. The van der Waals surface area contributed by atoms with Crippen molar-refractivity contribution >= 4 is 87.9 Å². The summed E-state index contributed by atoms with van der Waals surface area (Å²) < 4.78 is 0. The first-order valence-corrected chi connectivity index (χ1v) is 13.3. The van der Waals surface area contributed by atoms with Gasteiger partial charge in [0.05, 0.1) is 39.6 Å². The maximum absolute atomic E-state index is 5.31. The largest absolute Gasteiger partial charge is 0.361 e. The highest BCUT2D eigenvalue weighted by molar-refractivity contribution is 6.31. The average molecular weight is 501 g/mol. The molecule has 6 heteroatoms. The van der Waals surface area contributed by atoms with E-state index in [1.807, 2.05) is 6.20 Å². The fourth-order valence-electron chi connectivity index (χ4n) is 6.77. The fourth-order valence-corrected chi connectivity index (χ4v) is 6.77. The molecule has 10 rings (SSSR count). The molecule has 0 spiro atoms. The van der Waals surface area contributed by atoms with E-state index in [4.69, 9.17) is 15.0 Å². The van der Waals surface area contributed by atoms with Gasteiger partial charge in [0, 0.05) is 72.9 Å². The highest BCUT2D eigenvalue weighted by atomic mass is 14.8. The van der Waals surface area contributed by atoms with Gasteiger partial charge in [-0.3, -0.25) is 4.99 Å². The van der Waals surface area contributed by atoms with E-state index >= 15 is 0 Å². The van der Waals surface area contributed by atoms with Crippen LogP contribution in [0.1, 0.15) is 11.1 Å². The lowest BCUT2D eigenvalue weighted by molar-refractivity contribution is 1.25. The Hall–Kier alpha value is -5.23. The molecule has 0 saturated carbocycles. The molecular formula is C33H20N6.